The monoisotopic (exact) mass is 325 g/mol. The molecule has 2 aromatic rings. The Morgan fingerprint density at radius 2 is 2.29 bits per heavy atom. The molecule has 2 amide bonds. The highest BCUT2D eigenvalue weighted by molar-refractivity contribution is 6.01. The third kappa shape index (κ3) is 3.53. The minimum absolute atomic E-state index is 0.138. The normalized spacial score (nSPS) is 16.0. The Morgan fingerprint density at radius 1 is 1.42 bits per heavy atom. The van der Waals surface area contributed by atoms with Crippen LogP contribution in [0.3, 0.4) is 0 Å². The average Bonchev–Trinajstić information content (AvgIpc) is 2.61. The van der Waals surface area contributed by atoms with Gasteiger partial charge >= 0.3 is 0 Å². The number of fused-ring (bicyclic) bond motifs is 1. The first-order chi connectivity index (χ1) is 11.7. The number of benzene rings is 1. The summed E-state index contributed by atoms with van der Waals surface area (Å²) in [5.41, 5.74) is 2.51. The number of carbonyl (C=O) groups excluding carboxylic acids is 2. The van der Waals surface area contributed by atoms with Crippen molar-refractivity contribution in [3.63, 3.8) is 0 Å². The maximum Gasteiger partial charge on any atom is 0.228 e. The van der Waals surface area contributed by atoms with Crippen molar-refractivity contribution in [2.24, 2.45) is 0 Å². The van der Waals surface area contributed by atoms with Gasteiger partial charge in [0, 0.05) is 31.0 Å². The smallest absolute Gasteiger partial charge is 0.228 e. The highest BCUT2D eigenvalue weighted by Crippen LogP contribution is 2.34. The zero-order chi connectivity index (χ0) is 16.9. The van der Waals surface area contributed by atoms with Crippen LogP contribution in [0.25, 0.3) is 0 Å². The highest BCUT2D eigenvalue weighted by Gasteiger charge is 2.30. The number of amides is 2. The summed E-state index contributed by atoms with van der Waals surface area (Å²) in [6.45, 7) is 0.502. The molecule has 0 bridgehead atoms. The van der Waals surface area contributed by atoms with E-state index in [-0.39, 0.29) is 18.2 Å². The summed E-state index contributed by atoms with van der Waals surface area (Å²) in [4.78, 5) is 28.5. The summed E-state index contributed by atoms with van der Waals surface area (Å²) in [7, 11) is 1.58. The lowest BCUT2D eigenvalue weighted by atomic mass is 9.89. The third-order valence-electron chi connectivity index (χ3n) is 4.05. The Bertz CT molecular complexity index is 746. The van der Waals surface area contributed by atoms with Gasteiger partial charge in [-0.05, 0) is 41.8 Å². The predicted octanol–water partition coefficient (Wildman–Crippen LogP) is 1.87. The number of ether oxygens (including phenoxy) is 1. The summed E-state index contributed by atoms with van der Waals surface area (Å²) in [6.07, 6.45) is 4.33. The Morgan fingerprint density at radius 3 is 3.04 bits per heavy atom. The molecule has 1 atom stereocenters. The first kappa shape index (κ1) is 16.0. The van der Waals surface area contributed by atoms with Gasteiger partial charge in [-0.15, -0.1) is 0 Å². The molecule has 0 saturated carbocycles. The lowest BCUT2D eigenvalue weighted by molar-refractivity contribution is -0.126. The number of hydrogen-bond acceptors (Lipinski definition) is 4. The van der Waals surface area contributed by atoms with E-state index >= 15 is 0 Å². The van der Waals surface area contributed by atoms with Crippen LogP contribution >= 0.6 is 0 Å². The van der Waals surface area contributed by atoms with Crippen molar-refractivity contribution in [1.82, 2.24) is 10.3 Å². The van der Waals surface area contributed by atoms with Crippen molar-refractivity contribution in [2.45, 2.75) is 18.8 Å². The summed E-state index contributed by atoms with van der Waals surface area (Å²) in [5.74, 6) is -0.140. The standard InChI is InChI=1S/C18H19N3O3/c1-24-13-4-5-16-14(9-13)15(10-17(22)21-16)18(23)20-8-6-12-3-2-7-19-11-12/h2-5,7,9,11,15H,6,8,10H2,1H3,(H,20,23)(H,21,22). The maximum atomic E-state index is 12.5. The lowest BCUT2D eigenvalue weighted by Crippen LogP contribution is -2.36. The second kappa shape index (κ2) is 7.12. The van der Waals surface area contributed by atoms with Gasteiger partial charge in [-0.2, -0.15) is 0 Å². The molecule has 6 nitrogen and oxygen atoms in total. The van der Waals surface area contributed by atoms with Gasteiger partial charge in [0.05, 0.1) is 13.0 Å². The molecular formula is C18H19N3O3. The minimum atomic E-state index is -0.502. The lowest BCUT2D eigenvalue weighted by Gasteiger charge is -2.25. The van der Waals surface area contributed by atoms with E-state index in [9.17, 15) is 9.59 Å². The van der Waals surface area contributed by atoms with Crippen molar-refractivity contribution in [3.05, 3.63) is 53.9 Å². The number of methoxy groups -OCH3 is 1. The van der Waals surface area contributed by atoms with Gasteiger partial charge < -0.3 is 15.4 Å². The highest BCUT2D eigenvalue weighted by atomic mass is 16.5. The maximum absolute atomic E-state index is 12.5. The number of hydrogen-bond donors (Lipinski definition) is 2. The van der Waals surface area contributed by atoms with Crippen LogP contribution in [-0.2, 0) is 16.0 Å². The van der Waals surface area contributed by atoms with Crippen molar-refractivity contribution in [2.75, 3.05) is 19.0 Å². The number of aromatic nitrogens is 1. The van der Waals surface area contributed by atoms with Crippen LogP contribution in [0.1, 0.15) is 23.5 Å². The predicted molar refractivity (Wildman–Crippen MR) is 89.9 cm³/mol. The molecule has 0 fully saturated rings. The van der Waals surface area contributed by atoms with Crippen molar-refractivity contribution >= 4 is 17.5 Å². The zero-order valence-electron chi connectivity index (χ0n) is 13.4. The van der Waals surface area contributed by atoms with E-state index in [2.05, 4.69) is 15.6 Å². The molecule has 0 radical (unpaired) electrons. The molecule has 1 aliphatic rings. The van der Waals surface area contributed by atoms with Gasteiger partial charge in [-0.3, -0.25) is 14.6 Å². The molecule has 1 unspecified atom stereocenters. The molecule has 6 heteroatoms. The van der Waals surface area contributed by atoms with Crippen LogP contribution in [0.5, 0.6) is 5.75 Å². The van der Waals surface area contributed by atoms with Crippen LogP contribution < -0.4 is 15.4 Å². The van der Waals surface area contributed by atoms with E-state index in [1.807, 2.05) is 12.1 Å². The third-order valence-corrected chi connectivity index (χ3v) is 4.05. The first-order valence-electron chi connectivity index (χ1n) is 7.82. The molecule has 1 aromatic heterocycles. The van der Waals surface area contributed by atoms with E-state index < -0.39 is 5.92 Å². The Labute approximate surface area is 140 Å². The summed E-state index contributed by atoms with van der Waals surface area (Å²) >= 11 is 0. The Hall–Kier alpha value is -2.89. The van der Waals surface area contributed by atoms with E-state index in [1.54, 1.807) is 37.7 Å². The molecule has 1 aromatic carbocycles. The topological polar surface area (TPSA) is 80.3 Å². The van der Waals surface area contributed by atoms with Crippen LogP contribution in [-0.4, -0.2) is 30.5 Å². The Balaban J connectivity index is 1.69. The number of pyridine rings is 1. The molecule has 0 aliphatic carbocycles. The van der Waals surface area contributed by atoms with Gasteiger partial charge in [-0.1, -0.05) is 6.07 Å². The fourth-order valence-electron chi connectivity index (χ4n) is 2.80. The van der Waals surface area contributed by atoms with E-state index in [1.165, 1.54) is 0 Å². The molecule has 124 valence electrons. The molecule has 24 heavy (non-hydrogen) atoms. The SMILES string of the molecule is COc1ccc2c(c1)C(C(=O)NCCc1cccnc1)CC(=O)N2. The van der Waals surface area contributed by atoms with Gasteiger partial charge in [0.2, 0.25) is 11.8 Å². The summed E-state index contributed by atoms with van der Waals surface area (Å²) in [5, 5.41) is 5.71. The average molecular weight is 325 g/mol. The molecule has 2 heterocycles. The number of nitrogens with zero attached hydrogens (tertiary/aromatic N) is 1. The van der Waals surface area contributed by atoms with Crippen molar-refractivity contribution in [1.29, 1.82) is 0 Å². The Kier molecular flexibility index (Phi) is 4.74. The van der Waals surface area contributed by atoms with Gasteiger partial charge in [0.25, 0.3) is 0 Å². The van der Waals surface area contributed by atoms with Crippen molar-refractivity contribution in [3.8, 4) is 5.75 Å². The fourth-order valence-corrected chi connectivity index (χ4v) is 2.80. The number of rotatable bonds is 5. The molecule has 0 spiro atoms. The molecule has 0 saturated heterocycles. The van der Waals surface area contributed by atoms with Crippen LogP contribution in [0, 0.1) is 0 Å². The van der Waals surface area contributed by atoms with Crippen LogP contribution in [0.2, 0.25) is 0 Å². The minimum Gasteiger partial charge on any atom is -0.497 e. The first-order valence-corrected chi connectivity index (χ1v) is 7.82. The van der Waals surface area contributed by atoms with E-state index in [0.29, 0.717) is 24.4 Å². The van der Waals surface area contributed by atoms with E-state index in [0.717, 1.165) is 11.1 Å². The zero-order valence-corrected chi connectivity index (χ0v) is 13.4. The molecule has 3 rings (SSSR count). The van der Waals surface area contributed by atoms with Crippen molar-refractivity contribution < 1.29 is 14.3 Å². The summed E-state index contributed by atoms with van der Waals surface area (Å²) < 4.78 is 5.22. The number of anilines is 1. The fraction of sp³-hybridized carbons (Fsp3) is 0.278. The van der Waals surface area contributed by atoms with E-state index in [4.69, 9.17) is 4.74 Å². The van der Waals surface area contributed by atoms with Gasteiger partial charge in [0.15, 0.2) is 0 Å². The number of nitrogens with one attached hydrogen (secondary N) is 2. The number of carbonyl (C=O) groups is 2. The molecular weight excluding hydrogens is 306 g/mol. The largest absolute Gasteiger partial charge is 0.497 e. The summed E-state index contributed by atoms with van der Waals surface area (Å²) in [6, 6.07) is 9.17. The molecule has 1 aliphatic heterocycles. The molecule has 2 N–H and O–H groups in total. The second-order valence-electron chi connectivity index (χ2n) is 5.66. The van der Waals surface area contributed by atoms with Gasteiger partial charge in [-0.25, -0.2) is 0 Å². The second-order valence-corrected chi connectivity index (χ2v) is 5.66. The van der Waals surface area contributed by atoms with Crippen LogP contribution in [0.15, 0.2) is 42.7 Å². The quantitative estimate of drug-likeness (QED) is 0.879. The van der Waals surface area contributed by atoms with Gasteiger partial charge in [0.1, 0.15) is 5.75 Å². The van der Waals surface area contributed by atoms with Crippen LogP contribution in [0.4, 0.5) is 5.69 Å².